The Bertz CT molecular complexity index is 505. The molecule has 1 saturated carbocycles. The van der Waals surface area contributed by atoms with Crippen LogP contribution in [0, 0.1) is 0 Å². The van der Waals surface area contributed by atoms with E-state index in [1.165, 1.54) is 23.3 Å². The molecule has 2 N–H and O–H groups in total. The van der Waals surface area contributed by atoms with E-state index in [0.717, 1.165) is 31.1 Å². The molecule has 21 heavy (non-hydrogen) atoms. The number of amides is 1. The van der Waals surface area contributed by atoms with Crippen LogP contribution in [0.4, 0.5) is 0 Å². The number of nitrogens with one attached hydrogen (secondary N) is 2. The van der Waals surface area contributed by atoms with Gasteiger partial charge < -0.3 is 10.6 Å². The molecular formula is C17H24N2OS. The number of hydrogen-bond donors (Lipinski definition) is 2. The molecule has 0 saturated heterocycles. The Labute approximate surface area is 131 Å². The van der Waals surface area contributed by atoms with Gasteiger partial charge in [-0.2, -0.15) is 11.8 Å². The Hall–Kier alpha value is -1.00. The fourth-order valence-electron chi connectivity index (χ4n) is 3.40. The van der Waals surface area contributed by atoms with Crippen LogP contribution in [0.25, 0.3) is 0 Å². The van der Waals surface area contributed by atoms with Crippen molar-refractivity contribution in [2.45, 2.75) is 56.5 Å². The lowest BCUT2D eigenvalue weighted by Crippen LogP contribution is -2.50. The lowest BCUT2D eigenvalue weighted by Gasteiger charge is -2.26. The fourth-order valence-corrected chi connectivity index (χ4v) is 4.54. The third-order valence-electron chi connectivity index (χ3n) is 4.53. The topological polar surface area (TPSA) is 41.1 Å². The van der Waals surface area contributed by atoms with Crippen molar-refractivity contribution in [3.63, 3.8) is 0 Å². The van der Waals surface area contributed by atoms with Crippen LogP contribution in [0.2, 0.25) is 0 Å². The van der Waals surface area contributed by atoms with Crippen molar-refractivity contribution in [1.82, 2.24) is 10.6 Å². The molecule has 1 aromatic rings. The zero-order valence-electron chi connectivity index (χ0n) is 12.6. The monoisotopic (exact) mass is 304 g/mol. The highest BCUT2D eigenvalue weighted by Gasteiger charge is 2.29. The van der Waals surface area contributed by atoms with Crippen LogP contribution in [0.15, 0.2) is 24.3 Å². The molecule has 0 bridgehead atoms. The van der Waals surface area contributed by atoms with Crippen molar-refractivity contribution in [2.75, 3.05) is 5.75 Å². The van der Waals surface area contributed by atoms with Gasteiger partial charge in [-0.1, -0.05) is 31.2 Å². The first-order valence-corrected chi connectivity index (χ1v) is 9.03. The highest BCUT2D eigenvalue weighted by atomic mass is 32.2. The standard InChI is InChI=1S/C17H24N2OS/c1-2-21-15-8-7-14(10-15)19-17(20)16-9-12-5-3-4-6-13(12)11-18-16/h3-6,14-16,18H,2,7-11H2,1H3,(H,19,20)/t14?,15?,16-/m1/s1. The molecule has 0 aromatic heterocycles. The van der Waals surface area contributed by atoms with E-state index in [9.17, 15) is 4.79 Å². The SMILES string of the molecule is CCSC1CCC(NC(=O)[C@H]2Cc3ccccc3CN2)C1. The second-order valence-electron chi connectivity index (χ2n) is 6.00. The quantitative estimate of drug-likeness (QED) is 0.898. The summed E-state index contributed by atoms with van der Waals surface area (Å²) in [5.74, 6) is 1.35. The number of hydrogen-bond acceptors (Lipinski definition) is 3. The summed E-state index contributed by atoms with van der Waals surface area (Å²) < 4.78 is 0. The Balaban J connectivity index is 1.53. The van der Waals surface area contributed by atoms with Crippen molar-refractivity contribution in [1.29, 1.82) is 0 Å². The third kappa shape index (κ3) is 3.61. The lowest BCUT2D eigenvalue weighted by molar-refractivity contribution is -0.124. The van der Waals surface area contributed by atoms with Gasteiger partial charge in [-0.3, -0.25) is 4.79 Å². The number of carbonyl (C=O) groups excluding carboxylic acids is 1. The average Bonchev–Trinajstić information content (AvgIpc) is 2.94. The molecule has 1 aliphatic heterocycles. The van der Waals surface area contributed by atoms with Crippen molar-refractivity contribution in [3.8, 4) is 0 Å². The molecule has 3 rings (SSSR count). The van der Waals surface area contributed by atoms with Crippen LogP contribution in [0.1, 0.15) is 37.3 Å². The summed E-state index contributed by atoms with van der Waals surface area (Å²) >= 11 is 2.03. The van der Waals surface area contributed by atoms with E-state index < -0.39 is 0 Å². The van der Waals surface area contributed by atoms with Crippen molar-refractivity contribution in [2.24, 2.45) is 0 Å². The second kappa shape index (κ2) is 6.84. The molecule has 3 nitrogen and oxygen atoms in total. The molecular weight excluding hydrogens is 280 g/mol. The van der Waals surface area contributed by atoms with Crippen LogP contribution in [0.3, 0.4) is 0 Å². The summed E-state index contributed by atoms with van der Waals surface area (Å²) in [7, 11) is 0. The van der Waals surface area contributed by atoms with Crippen LogP contribution in [0.5, 0.6) is 0 Å². The van der Waals surface area contributed by atoms with Gasteiger partial charge in [0.2, 0.25) is 5.91 Å². The van der Waals surface area contributed by atoms with Gasteiger partial charge in [-0.25, -0.2) is 0 Å². The number of benzene rings is 1. The van der Waals surface area contributed by atoms with E-state index in [4.69, 9.17) is 0 Å². The van der Waals surface area contributed by atoms with E-state index >= 15 is 0 Å². The summed E-state index contributed by atoms with van der Waals surface area (Å²) in [6.07, 6.45) is 4.31. The van der Waals surface area contributed by atoms with E-state index in [1.807, 2.05) is 11.8 Å². The molecule has 1 heterocycles. The minimum Gasteiger partial charge on any atom is -0.352 e. The largest absolute Gasteiger partial charge is 0.352 e. The Morgan fingerprint density at radius 2 is 2.14 bits per heavy atom. The highest BCUT2D eigenvalue weighted by Crippen LogP contribution is 2.29. The molecule has 2 unspecified atom stereocenters. The average molecular weight is 304 g/mol. The van der Waals surface area contributed by atoms with Gasteiger partial charge in [-0.05, 0) is 42.6 Å². The van der Waals surface area contributed by atoms with Gasteiger partial charge in [0.05, 0.1) is 6.04 Å². The summed E-state index contributed by atoms with van der Waals surface area (Å²) in [6.45, 7) is 3.01. The molecule has 1 fully saturated rings. The van der Waals surface area contributed by atoms with Crippen LogP contribution < -0.4 is 10.6 Å². The normalized spacial score (nSPS) is 28.1. The smallest absolute Gasteiger partial charge is 0.237 e. The first-order valence-electron chi connectivity index (χ1n) is 7.98. The summed E-state index contributed by atoms with van der Waals surface area (Å²) in [4.78, 5) is 12.4. The first-order chi connectivity index (χ1) is 10.3. The summed E-state index contributed by atoms with van der Waals surface area (Å²) in [5, 5.41) is 7.36. The predicted molar refractivity (Wildman–Crippen MR) is 88.5 cm³/mol. The van der Waals surface area contributed by atoms with Gasteiger partial charge in [0.25, 0.3) is 0 Å². The minimum absolute atomic E-state index is 0.0715. The predicted octanol–water partition coefficient (Wildman–Crippen LogP) is 2.49. The maximum atomic E-state index is 12.4. The maximum absolute atomic E-state index is 12.4. The van der Waals surface area contributed by atoms with Crippen molar-refractivity contribution >= 4 is 17.7 Å². The van der Waals surface area contributed by atoms with Gasteiger partial charge >= 0.3 is 0 Å². The minimum atomic E-state index is -0.0715. The first kappa shape index (κ1) is 14.9. The van der Waals surface area contributed by atoms with Gasteiger partial charge in [0.15, 0.2) is 0 Å². The summed E-state index contributed by atoms with van der Waals surface area (Å²) in [5.41, 5.74) is 2.63. The molecule has 2 aliphatic rings. The summed E-state index contributed by atoms with van der Waals surface area (Å²) in [6, 6.07) is 8.70. The van der Waals surface area contributed by atoms with E-state index in [1.54, 1.807) is 0 Å². The number of carbonyl (C=O) groups is 1. The Morgan fingerprint density at radius 3 is 2.95 bits per heavy atom. The van der Waals surface area contributed by atoms with Crippen LogP contribution >= 0.6 is 11.8 Å². The number of thioether (sulfide) groups is 1. The van der Waals surface area contributed by atoms with Crippen LogP contribution in [-0.2, 0) is 17.8 Å². The third-order valence-corrected chi connectivity index (χ3v) is 5.76. The van der Waals surface area contributed by atoms with Gasteiger partial charge in [0.1, 0.15) is 0 Å². The molecule has 0 radical (unpaired) electrons. The maximum Gasteiger partial charge on any atom is 0.237 e. The molecule has 114 valence electrons. The Morgan fingerprint density at radius 1 is 1.33 bits per heavy atom. The Kier molecular flexibility index (Phi) is 4.86. The van der Waals surface area contributed by atoms with Crippen LogP contribution in [-0.4, -0.2) is 29.0 Å². The highest BCUT2D eigenvalue weighted by molar-refractivity contribution is 7.99. The van der Waals surface area contributed by atoms with Crippen molar-refractivity contribution in [3.05, 3.63) is 35.4 Å². The molecule has 4 heteroatoms. The van der Waals surface area contributed by atoms with Gasteiger partial charge in [0, 0.05) is 17.8 Å². The lowest BCUT2D eigenvalue weighted by atomic mass is 9.95. The fraction of sp³-hybridized carbons (Fsp3) is 0.588. The van der Waals surface area contributed by atoms with E-state index in [0.29, 0.717) is 6.04 Å². The molecule has 1 aromatic carbocycles. The number of fused-ring (bicyclic) bond motifs is 1. The van der Waals surface area contributed by atoms with Gasteiger partial charge in [-0.15, -0.1) is 0 Å². The number of rotatable bonds is 4. The molecule has 3 atom stereocenters. The zero-order valence-corrected chi connectivity index (χ0v) is 13.4. The van der Waals surface area contributed by atoms with E-state index in [-0.39, 0.29) is 11.9 Å². The zero-order chi connectivity index (χ0) is 14.7. The molecule has 1 aliphatic carbocycles. The second-order valence-corrected chi connectivity index (χ2v) is 7.58. The van der Waals surface area contributed by atoms with E-state index in [2.05, 4.69) is 41.8 Å². The molecule has 0 spiro atoms. The van der Waals surface area contributed by atoms with Crippen molar-refractivity contribution < 1.29 is 4.79 Å². The molecule has 1 amide bonds.